The second-order valence-electron chi connectivity index (χ2n) is 2.94. The number of hydrogen-bond acceptors (Lipinski definition) is 2. The Morgan fingerprint density at radius 2 is 1.56 bits per heavy atom. The molecule has 9 heteroatoms. The summed E-state index contributed by atoms with van der Waals surface area (Å²) in [5.41, 5.74) is 0. The molecular formula is C7H9BrF5O2S-. The minimum absolute atomic E-state index is 0.0322. The predicted octanol–water partition coefficient (Wildman–Crippen LogP) is 2.30. The van der Waals surface area contributed by atoms with Crippen molar-refractivity contribution in [3.8, 4) is 0 Å². The van der Waals surface area contributed by atoms with Gasteiger partial charge in [0.1, 0.15) is 6.17 Å². The third-order valence-electron chi connectivity index (χ3n) is 1.85. The largest absolute Gasteiger partial charge is 0.772 e. The summed E-state index contributed by atoms with van der Waals surface area (Å²) in [7, 11) is 0. The van der Waals surface area contributed by atoms with Crippen LogP contribution in [0.15, 0.2) is 0 Å². The molecule has 0 bridgehead atoms. The third-order valence-corrected chi connectivity index (χ3v) is 3.29. The molecule has 0 radical (unpaired) electrons. The zero-order chi connectivity index (χ0) is 12.9. The quantitative estimate of drug-likeness (QED) is 0.408. The zero-order valence-electron chi connectivity index (χ0n) is 7.79. The molecule has 0 rings (SSSR count). The van der Waals surface area contributed by atoms with E-state index in [0.29, 0.717) is 0 Å². The highest BCUT2D eigenvalue weighted by molar-refractivity contribution is 9.09. The molecule has 0 aliphatic carbocycles. The lowest BCUT2D eigenvalue weighted by Gasteiger charge is -2.26. The molecule has 98 valence electrons. The molecule has 0 aromatic carbocycles. The van der Waals surface area contributed by atoms with Crippen molar-refractivity contribution >= 4 is 27.0 Å². The molecule has 0 amide bonds. The average Bonchev–Trinajstić information content (AvgIpc) is 2.22. The van der Waals surface area contributed by atoms with E-state index in [0.717, 1.165) is 0 Å². The van der Waals surface area contributed by atoms with Crippen LogP contribution in [0.5, 0.6) is 0 Å². The number of alkyl halides is 6. The van der Waals surface area contributed by atoms with E-state index in [2.05, 4.69) is 15.9 Å². The number of rotatable bonds is 7. The molecule has 0 aliphatic heterocycles. The Labute approximate surface area is 100 Å². The Hall–Kier alpha value is 0.240. The van der Waals surface area contributed by atoms with Crippen molar-refractivity contribution in [3.05, 3.63) is 0 Å². The van der Waals surface area contributed by atoms with Gasteiger partial charge in [0, 0.05) is 5.33 Å². The van der Waals surface area contributed by atoms with Crippen LogP contribution < -0.4 is 0 Å². The Morgan fingerprint density at radius 3 is 1.88 bits per heavy atom. The molecule has 0 aliphatic rings. The van der Waals surface area contributed by atoms with E-state index in [1.54, 1.807) is 0 Å². The summed E-state index contributed by atoms with van der Waals surface area (Å²) < 4.78 is 82.9. The molecular weight excluding hydrogens is 323 g/mol. The van der Waals surface area contributed by atoms with Crippen molar-refractivity contribution in [2.24, 2.45) is 0 Å². The summed E-state index contributed by atoms with van der Waals surface area (Å²) in [4.78, 5) is 0. The summed E-state index contributed by atoms with van der Waals surface area (Å²) in [5.74, 6) is 0. The molecule has 0 aromatic rings. The van der Waals surface area contributed by atoms with Crippen molar-refractivity contribution in [1.82, 2.24) is 0 Å². The highest BCUT2D eigenvalue weighted by Gasteiger charge is 2.40. The molecule has 0 fully saturated rings. The van der Waals surface area contributed by atoms with Crippen LogP contribution in [0.1, 0.15) is 6.42 Å². The van der Waals surface area contributed by atoms with E-state index in [4.69, 9.17) is 0 Å². The van der Waals surface area contributed by atoms with Crippen LogP contribution in [0.3, 0.4) is 0 Å². The Balaban J connectivity index is 4.59. The smallest absolute Gasteiger partial charge is 0.272 e. The SMILES string of the molecule is O=S([O-])C(CCBr)C(F)C(F)C(F)C(F)F. The first-order chi connectivity index (χ1) is 7.32. The van der Waals surface area contributed by atoms with E-state index in [9.17, 15) is 30.7 Å². The summed E-state index contributed by atoms with van der Waals surface area (Å²) >= 11 is -0.193. The van der Waals surface area contributed by atoms with Gasteiger partial charge in [-0.3, -0.25) is 4.21 Å². The Bertz CT molecular complexity index is 233. The minimum Gasteiger partial charge on any atom is -0.772 e. The van der Waals surface area contributed by atoms with Gasteiger partial charge in [0.2, 0.25) is 0 Å². The van der Waals surface area contributed by atoms with E-state index in [1.165, 1.54) is 0 Å². The average molecular weight is 332 g/mol. The molecule has 0 saturated heterocycles. The van der Waals surface area contributed by atoms with Crippen LogP contribution in [0.4, 0.5) is 22.0 Å². The van der Waals surface area contributed by atoms with E-state index < -0.39 is 41.3 Å². The maximum absolute atomic E-state index is 13.1. The van der Waals surface area contributed by atoms with E-state index in [-0.39, 0.29) is 11.8 Å². The maximum Gasteiger partial charge on any atom is 0.272 e. The zero-order valence-corrected chi connectivity index (χ0v) is 10.2. The normalized spacial score (nSPS) is 21.5. The van der Waals surface area contributed by atoms with Crippen molar-refractivity contribution in [2.75, 3.05) is 5.33 Å². The van der Waals surface area contributed by atoms with Crippen molar-refractivity contribution in [1.29, 1.82) is 0 Å². The van der Waals surface area contributed by atoms with Crippen LogP contribution >= 0.6 is 15.9 Å². The van der Waals surface area contributed by atoms with Crippen LogP contribution in [0, 0.1) is 0 Å². The minimum atomic E-state index is -3.68. The summed E-state index contributed by atoms with van der Waals surface area (Å²) in [6.45, 7) is 0. The first-order valence-corrected chi connectivity index (χ1v) is 6.43. The molecule has 0 saturated carbocycles. The molecule has 0 spiro atoms. The first kappa shape index (κ1) is 16.2. The summed E-state index contributed by atoms with van der Waals surface area (Å²) in [6, 6.07) is 0. The number of hydrogen-bond donors (Lipinski definition) is 0. The second kappa shape index (κ2) is 7.54. The lowest BCUT2D eigenvalue weighted by Crippen LogP contribution is -2.42. The Morgan fingerprint density at radius 1 is 1.06 bits per heavy atom. The monoisotopic (exact) mass is 331 g/mol. The van der Waals surface area contributed by atoms with E-state index in [1.807, 2.05) is 0 Å². The van der Waals surface area contributed by atoms with Gasteiger partial charge in [0.05, 0.1) is 5.25 Å². The van der Waals surface area contributed by atoms with Gasteiger partial charge < -0.3 is 4.55 Å². The maximum atomic E-state index is 13.1. The van der Waals surface area contributed by atoms with Gasteiger partial charge in [0.25, 0.3) is 6.43 Å². The first-order valence-electron chi connectivity index (χ1n) is 4.17. The molecule has 0 aromatic heterocycles. The van der Waals surface area contributed by atoms with Gasteiger partial charge in [-0.25, -0.2) is 22.0 Å². The topological polar surface area (TPSA) is 40.1 Å². The van der Waals surface area contributed by atoms with Crippen LogP contribution in [0.25, 0.3) is 0 Å². The standard InChI is InChI=1S/C7H10BrF5O2S/c8-2-1-3(16(14)15)4(9)5(10)6(11)7(12)13/h3-7H,1-2H2,(H,14,15)/p-1. The number of halogens is 6. The highest BCUT2D eigenvalue weighted by atomic mass is 79.9. The summed E-state index contributed by atoms with van der Waals surface area (Å²) in [5, 5.41) is -1.81. The lowest BCUT2D eigenvalue weighted by molar-refractivity contribution is -0.0238. The molecule has 0 N–H and O–H groups in total. The lowest BCUT2D eigenvalue weighted by atomic mass is 10.1. The van der Waals surface area contributed by atoms with Gasteiger partial charge in [0.15, 0.2) is 12.3 Å². The van der Waals surface area contributed by atoms with Gasteiger partial charge >= 0.3 is 0 Å². The van der Waals surface area contributed by atoms with Crippen molar-refractivity contribution in [2.45, 2.75) is 36.6 Å². The molecule has 16 heavy (non-hydrogen) atoms. The molecule has 0 heterocycles. The third kappa shape index (κ3) is 4.62. The molecule has 5 unspecified atom stereocenters. The fourth-order valence-electron chi connectivity index (χ4n) is 0.989. The van der Waals surface area contributed by atoms with Gasteiger partial charge in [-0.05, 0) is 17.5 Å². The fourth-order valence-corrected chi connectivity index (χ4v) is 2.46. The summed E-state index contributed by atoms with van der Waals surface area (Å²) in [6.07, 6.45) is -13.3. The second-order valence-corrected chi connectivity index (χ2v) is 4.86. The van der Waals surface area contributed by atoms with Crippen molar-refractivity contribution in [3.63, 3.8) is 0 Å². The van der Waals surface area contributed by atoms with Gasteiger partial charge in [-0.2, -0.15) is 0 Å². The highest BCUT2D eigenvalue weighted by Crippen LogP contribution is 2.24. The predicted molar refractivity (Wildman–Crippen MR) is 51.8 cm³/mol. The van der Waals surface area contributed by atoms with Crippen molar-refractivity contribution < 1.29 is 30.7 Å². The van der Waals surface area contributed by atoms with Crippen LogP contribution in [-0.2, 0) is 11.1 Å². The van der Waals surface area contributed by atoms with E-state index >= 15 is 0 Å². The molecule has 2 nitrogen and oxygen atoms in total. The Kier molecular flexibility index (Phi) is 7.66. The van der Waals surface area contributed by atoms with Gasteiger partial charge in [-0.15, -0.1) is 0 Å². The fraction of sp³-hybridized carbons (Fsp3) is 1.00. The molecule has 5 atom stereocenters. The van der Waals surface area contributed by atoms with Crippen LogP contribution in [-0.4, -0.2) is 44.3 Å². The van der Waals surface area contributed by atoms with Gasteiger partial charge in [-0.1, -0.05) is 15.9 Å². The van der Waals surface area contributed by atoms with Crippen LogP contribution in [0.2, 0.25) is 0 Å².